The van der Waals surface area contributed by atoms with Crippen molar-refractivity contribution >= 4 is 17.9 Å². The van der Waals surface area contributed by atoms with Gasteiger partial charge in [-0.2, -0.15) is 0 Å². The van der Waals surface area contributed by atoms with Gasteiger partial charge in [-0.05, 0) is 57.8 Å². The molecule has 0 spiro atoms. The zero-order chi connectivity index (χ0) is 59.9. The van der Waals surface area contributed by atoms with E-state index in [1.165, 1.54) is 257 Å². The van der Waals surface area contributed by atoms with Gasteiger partial charge in [-0.1, -0.05) is 376 Å². The Labute approximate surface area is 516 Å². The molecule has 482 valence electrons. The second-order valence-electron chi connectivity index (χ2n) is 24.5. The number of unbranched alkanes of at least 4 members (excludes halogenated alkanes) is 44. The Kier molecular flexibility index (Phi) is 68.6. The van der Waals surface area contributed by atoms with Crippen LogP contribution in [0.3, 0.4) is 0 Å². The fourth-order valence-corrected chi connectivity index (χ4v) is 10.8. The standard InChI is InChI=1S/C77H138O6/c1-4-7-10-13-16-19-22-25-28-31-34-36-37-38-39-41-43-46-49-52-55-58-61-64-67-70-76(79)82-73-74(72-81-75(78)69-66-63-60-57-54-51-48-45-42-33-30-27-24-21-18-15-12-9-6-3)83-77(80)71-68-65-62-59-56-53-50-47-44-40-35-32-29-26-23-20-17-14-11-8-5-2/h9,12,18,21,27,30,42,45,51,54,60,63,74H,4-8,10-11,13-17,19-20,22-26,28-29,31-41,43-44,46-50,52-53,55-59,61-62,64-73H2,1-3H3/b12-9-,21-18-,30-27-,45-42-,54-51-,63-60-. The molecule has 6 nitrogen and oxygen atoms in total. The monoisotopic (exact) mass is 1160 g/mol. The molecule has 1 unspecified atom stereocenters. The van der Waals surface area contributed by atoms with Crippen molar-refractivity contribution in [2.75, 3.05) is 13.2 Å². The number of allylic oxidation sites excluding steroid dienone is 12. The van der Waals surface area contributed by atoms with Crippen LogP contribution in [0, 0.1) is 0 Å². The second kappa shape index (κ2) is 71.3. The molecule has 0 aromatic heterocycles. The third kappa shape index (κ3) is 69.5. The van der Waals surface area contributed by atoms with Gasteiger partial charge in [0, 0.05) is 19.3 Å². The molecule has 0 radical (unpaired) electrons. The van der Waals surface area contributed by atoms with E-state index in [1.807, 2.05) is 6.08 Å². The van der Waals surface area contributed by atoms with Gasteiger partial charge in [-0.3, -0.25) is 14.4 Å². The van der Waals surface area contributed by atoms with Crippen LogP contribution in [0.15, 0.2) is 72.9 Å². The van der Waals surface area contributed by atoms with Crippen LogP contribution in [0.2, 0.25) is 0 Å². The number of hydrogen-bond donors (Lipinski definition) is 0. The van der Waals surface area contributed by atoms with Crippen molar-refractivity contribution in [3.8, 4) is 0 Å². The normalized spacial score (nSPS) is 12.5. The van der Waals surface area contributed by atoms with Crippen LogP contribution in [-0.2, 0) is 28.6 Å². The first-order chi connectivity index (χ1) is 41.0. The van der Waals surface area contributed by atoms with Crippen molar-refractivity contribution in [2.24, 2.45) is 0 Å². The third-order valence-corrected chi connectivity index (χ3v) is 16.2. The van der Waals surface area contributed by atoms with Crippen LogP contribution in [-0.4, -0.2) is 37.2 Å². The average molecular weight is 1160 g/mol. The lowest BCUT2D eigenvalue weighted by Crippen LogP contribution is -2.30. The second-order valence-corrected chi connectivity index (χ2v) is 24.5. The minimum Gasteiger partial charge on any atom is -0.462 e. The maximum atomic E-state index is 13.0. The van der Waals surface area contributed by atoms with E-state index in [0.29, 0.717) is 19.3 Å². The minimum absolute atomic E-state index is 0.0935. The summed E-state index contributed by atoms with van der Waals surface area (Å²) in [5.74, 6) is -0.955. The summed E-state index contributed by atoms with van der Waals surface area (Å²) in [5.41, 5.74) is 0. The van der Waals surface area contributed by atoms with Crippen LogP contribution in [0.5, 0.6) is 0 Å². The third-order valence-electron chi connectivity index (χ3n) is 16.2. The largest absolute Gasteiger partial charge is 0.462 e. The predicted octanol–water partition coefficient (Wildman–Crippen LogP) is 25.2. The highest BCUT2D eigenvalue weighted by Crippen LogP contribution is 2.19. The van der Waals surface area contributed by atoms with Crippen molar-refractivity contribution in [3.05, 3.63) is 72.9 Å². The van der Waals surface area contributed by atoms with Crippen LogP contribution >= 0.6 is 0 Å². The molecule has 0 N–H and O–H groups in total. The lowest BCUT2D eigenvalue weighted by molar-refractivity contribution is -0.166. The molecule has 83 heavy (non-hydrogen) atoms. The molecule has 0 saturated heterocycles. The summed E-state index contributed by atoms with van der Waals surface area (Å²) in [6, 6.07) is 0. The average Bonchev–Trinajstić information content (AvgIpc) is 3.49. The van der Waals surface area contributed by atoms with E-state index in [4.69, 9.17) is 14.2 Å². The van der Waals surface area contributed by atoms with Crippen LogP contribution in [0.25, 0.3) is 0 Å². The van der Waals surface area contributed by atoms with Gasteiger partial charge in [-0.15, -0.1) is 0 Å². The van der Waals surface area contributed by atoms with Crippen molar-refractivity contribution in [1.82, 2.24) is 0 Å². The van der Waals surface area contributed by atoms with E-state index in [-0.39, 0.29) is 37.5 Å². The van der Waals surface area contributed by atoms with Crippen LogP contribution < -0.4 is 0 Å². The molecular formula is C77H138O6. The minimum atomic E-state index is -0.805. The molecule has 0 aliphatic carbocycles. The van der Waals surface area contributed by atoms with E-state index in [0.717, 1.165) is 77.0 Å². The van der Waals surface area contributed by atoms with Gasteiger partial charge in [0.05, 0.1) is 0 Å². The molecule has 1 atom stereocenters. The lowest BCUT2D eigenvalue weighted by Gasteiger charge is -2.18. The highest BCUT2D eigenvalue weighted by Gasteiger charge is 2.19. The molecule has 0 aliphatic heterocycles. The zero-order valence-corrected chi connectivity index (χ0v) is 55.5. The van der Waals surface area contributed by atoms with Gasteiger partial charge in [-0.25, -0.2) is 0 Å². The van der Waals surface area contributed by atoms with Gasteiger partial charge in [0.1, 0.15) is 13.2 Å². The van der Waals surface area contributed by atoms with E-state index in [2.05, 4.69) is 87.6 Å². The maximum Gasteiger partial charge on any atom is 0.306 e. The molecule has 0 saturated carbocycles. The first-order valence-electron chi connectivity index (χ1n) is 36.4. The first-order valence-corrected chi connectivity index (χ1v) is 36.4. The van der Waals surface area contributed by atoms with Gasteiger partial charge < -0.3 is 14.2 Å². The summed E-state index contributed by atoms with van der Waals surface area (Å²) in [4.78, 5) is 38.5. The number of esters is 3. The molecule has 0 rings (SSSR count). The number of carbonyl (C=O) groups excluding carboxylic acids is 3. The maximum absolute atomic E-state index is 13.0. The Morgan fingerprint density at radius 3 is 0.735 bits per heavy atom. The molecule has 0 bridgehead atoms. The van der Waals surface area contributed by atoms with Gasteiger partial charge in [0.15, 0.2) is 6.10 Å². The zero-order valence-electron chi connectivity index (χ0n) is 55.5. The fourth-order valence-electron chi connectivity index (χ4n) is 10.8. The smallest absolute Gasteiger partial charge is 0.306 e. The fraction of sp³-hybridized carbons (Fsp3) is 0.805. The molecular weight excluding hydrogens is 1020 g/mol. The van der Waals surface area contributed by atoms with Gasteiger partial charge in [0.25, 0.3) is 0 Å². The molecule has 0 heterocycles. The Balaban J connectivity index is 4.37. The van der Waals surface area contributed by atoms with Gasteiger partial charge >= 0.3 is 17.9 Å². The summed E-state index contributed by atoms with van der Waals surface area (Å²) in [5, 5.41) is 0. The SMILES string of the molecule is CC/C=C\C/C=C\C/C=C\C/C=C\C/C=C\C/C=C\CCC(=O)OCC(COC(=O)CCCCCCCCCCCCCCCCCCCCCCCCCCC)OC(=O)CCCCCCCCCCCCCCCCCCCCCCC. The molecule has 0 aliphatic rings. The molecule has 0 amide bonds. The summed E-state index contributed by atoms with van der Waals surface area (Å²) in [6.45, 7) is 6.54. The molecule has 6 heteroatoms. The molecule has 0 aromatic carbocycles. The Bertz CT molecular complexity index is 1520. The van der Waals surface area contributed by atoms with E-state index >= 15 is 0 Å². The van der Waals surface area contributed by atoms with E-state index in [1.54, 1.807) is 0 Å². The summed E-state index contributed by atoms with van der Waals surface area (Å²) >= 11 is 0. The summed E-state index contributed by atoms with van der Waals surface area (Å²) in [6.07, 6.45) is 93.8. The Morgan fingerprint density at radius 2 is 0.470 bits per heavy atom. The van der Waals surface area contributed by atoms with Crippen molar-refractivity contribution in [2.45, 2.75) is 386 Å². The van der Waals surface area contributed by atoms with E-state index < -0.39 is 6.10 Å². The number of hydrogen-bond acceptors (Lipinski definition) is 6. The molecule has 0 aromatic rings. The predicted molar refractivity (Wildman–Crippen MR) is 362 cm³/mol. The van der Waals surface area contributed by atoms with Crippen LogP contribution in [0.1, 0.15) is 380 Å². The summed E-state index contributed by atoms with van der Waals surface area (Å²) in [7, 11) is 0. The van der Waals surface area contributed by atoms with Crippen LogP contribution in [0.4, 0.5) is 0 Å². The first kappa shape index (κ1) is 79.8. The highest BCUT2D eigenvalue weighted by atomic mass is 16.6. The Morgan fingerprint density at radius 1 is 0.253 bits per heavy atom. The number of rotatable bonds is 67. The molecule has 0 fully saturated rings. The van der Waals surface area contributed by atoms with Crippen molar-refractivity contribution in [1.29, 1.82) is 0 Å². The topological polar surface area (TPSA) is 78.9 Å². The lowest BCUT2D eigenvalue weighted by atomic mass is 10.0. The quantitative estimate of drug-likeness (QED) is 0.0261. The van der Waals surface area contributed by atoms with Crippen molar-refractivity contribution in [3.63, 3.8) is 0 Å². The van der Waals surface area contributed by atoms with E-state index in [9.17, 15) is 14.4 Å². The number of ether oxygens (including phenoxy) is 3. The number of carbonyl (C=O) groups is 3. The Hall–Kier alpha value is -3.15. The van der Waals surface area contributed by atoms with Crippen molar-refractivity contribution < 1.29 is 28.6 Å². The highest BCUT2D eigenvalue weighted by molar-refractivity contribution is 5.71. The summed E-state index contributed by atoms with van der Waals surface area (Å²) < 4.78 is 16.9. The van der Waals surface area contributed by atoms with Gasteiger partial charge in [0.2, 0.25) is 0 Å².